The summed E-state index contributed by atoms with van der Waals surface area (Å²) in [7, 11) is -3.11. The lowest BCUT2D eigenvalue weighted by atomic mass is 10.0. The number of nitrogens with zero attached hydrogens (tertiary/aromatic N) is 1. The van der Waals surface area contributed by atoms with Gasteiger partial charge in [-0.25, -0.2) is 8.42 Å². The quantitative estimate of drug-likeness (QED) is 0.889. The summed E-state index contributed by atoms with van der Waals surface area (Å²) >= 11 is 0. The number of aromatic nitrogens is 2. The summed E-state index contributed by atoms with van der Waals surface area (Å²) in [5.41, 5.74) is 1.86. The van der Waals surface area contributed by atoms with Crippen LogP contribution in [0.1, 0.15) is 23.7 Å². The van der Waals surface area contributed by atoms with Crippen molar-refractivity contribution >= 4 is 9.84 Å². The highest BCUT2D eigenvalue weighted by Crippen LogP contribution is 2.31. The molecule has 1 aliphatic heterocycles. The highest BCUT2D eigenvalue weighted by molar-refractivity contribution is 7.91. The summed E-state index contributed by atoms with van der Waals surface area (Å²) in [5.74, 6) is 0.199. The van der Waals surface area contributed by atoms with E-state index in [-0.39, 0.29) is 11.8 Å². The van der Waals surface area contributed by atoms with Crippen LogP contribution in [0, 0.1) is 0 Å². The van der Waals surface area contributed by atoms with Crippen molar-refractivity contribution in [1.82, 2.24) is 15.5 Å². The predicted octanol–water partition coefficient (Wildman–Crippen LogP) is 1.42. The largest absolute Gasteiger partial charge is 0.304 e. The Morgan fingerprint density at radius 3 is 2.95 bits per heavy atom. The highest BCUT2D eigenvalue weighted by atomic mass is 32.2. The molecule has 5 nitrogen and oxygen atoms in total. The molecule has 0 amide bonds. The Hall–Kier alpha value is -1.66. The lowest BCUT2D eigenvalue weighted by Gasteiger charge is -2.26. The van der Waals surface area contributed by atoms with Crippen LogP contribution in [-0.2, 0) is 16.4 Å². The molecule has 1 aromatic heterocycles. The van der Waals surface area contributed by atoms with E-state index in [1.807, 2.05) is 18.2 Å². The smallest absolute Gasteiger partial charge is 0.178 e. The number of benzene rings is 1. The zero-order valence-electron chi connectivity index (χ0n) is 10.3. The monoisotopic (exact) mass is 277 g/mol. The molecular formula is C13H15N3O2S. The molecule has 1 aromatic carbocycles. The fourth-order valence-corrected chi connectivity index (χ4v) is 4.04. The van der Waals surface area contributed by atoms with Crippen LogP contribution in [0.15, 0.2) is 41.4 Å². The standard InChI is InChI=1S/C13H15N3O2S/c17-19(18)8-6-12(11-3-1-2-4-13(11)19)14-9-10-5-7-15-16-10/h1-5,7,12,14H,6,8-9H2,(H,15,16). The maximum Gasteiger partial charge on any atom is 0.178 e. The van der Waals surface area contributed by atoms with E-state index < -0.39 is 9.84 Å². The number of H-pyrrole nitrogens is 1. The summed E-state index contributed by atoms with van der Waals surface area (Å²) in [5, 5.41) is 10.2. The number of hydrogen-bond acceptors (Lipinski definition) is 4. The first-order valence-corrected chi connectivity index (χ1v) is 7.85. The predicted molar refractivity (Wildman–Crippen MR) is 71.3 cm³/mol. The van der Waals surface area contributed by atoms with Crippen molar-refractivity contribution in [3.8, 4) is 0 Å². The van der Waals surface area contributed by atoms with Crippen LogP contribution in [0.2, 0.25) is 0 Å². The van der Waals surface area contributed by atoms with E-state index in [4.69, 9.17) is 0 Å². The Kier molecular flexibility index (Phi) is 3.12. The Morgan fingerprint density at radius 2 is 2.16 bits per heavy atom. The van der Waals surface area contributed by atoms with Crippen LogP contribution in [0.5, 0.6) is 0 Å². The van der Waals surface area contributed by atoms with E-state index in [1.165, 1.54) is 0 Å². The topological polar surface area (TPSA) is 74.8 Å². The minimum Gasteiger partial charge on any atom is -0.304 e. The Labute approximate surface area is 112 Å². The van der Waals surface area contributed by atoms with Crippen molar-refractivity contribution in [2.75, 3.05) is 5.75 Å². The van der Waals surface area contributed by atoms with Crippen molar-refractivity contribution in [1.29, 1.82) is 0 Å². The highest BCUT2D eigenvalue weighted by Gasteiger charge is 2.29. The number of nitrogens with one attached hydrogen (secondary N) is 2. The van der Waals surface area contributed by atoms with E-state index in [9.17, 15) is 8.42 Å². The van der Waals surface area contributed by atoms with Crippen LogP contribution in [0.3, 0.4) is 0 Å². The Balaban J connectivity index is 1.84. The zero-order valence-corrected chi connectivity index (χ0v) is 11.2. The third-order valence-corrected chi connectivity index (χ3v) is 5.22. The molecule has 0 radical (unpaired) electrons. The first-order chi connectivity index (χ1) is 9.17. The summed E-state index contributed by atoms with van der Waals surface area (Å²) in [6, 6.07) is 9.20. The molecule has 0 bridgehead atoms. The molecule has 1 unspecified atom stereocenters. The number of aromatic amines is 1. The molecule has 6 heteroatoms. The van der Waals surface area contributed by atoms with Gasteiger partial charge < -0.3 is 5.32 Å². The fourth-order valence-electron chi connectivity index (χ4n) is 2.42. The maximum atomic E-state index is 12.0. The lowest BCUT2D eigenvalue weighted by molar-refractivity contribution is 0.488. The average molecular weight is 277 g/mol. The molecule has 3 rings (SSSR count). The van der Waals surface area contributed by atoms with Gasteiger partial charge in [-0.3, -0.25) is 5.10 Å². The van der Waals surface area contributed by atoms with Gasteiger partial charge in [0, 0.05) is 24.5 Å². The van der Waals surface area contributed by atoms with Crippen molar-refractivity contribution in [3.63, 3.8) is 0 Å². The third-order valence-electron chi connectivity index (χ3n) is 3.40. The van der Waals surface area contributed by atoms with Crippen molar-refractivity contribution < 1.29 is 8.42 Å². The molecule has 0 spiro atoms. The Morgan fingerprint density at radius 1 is 1.32 bits per heavy atom. The van der Waals surface area contributed by atoms with Gasteiger partial charge in [0.15, 0.2) is 9.84 Å². The summed E-state index contributed by atoms with van der Waals surface area (Å²) in [6.45, 7) is 0.652. The minimum absolute atomic E-state index is 0.0722. The van der Waals surface area contributed by atoms with Gasteiger partial charge in [-0.15, -0.1) is 0 Å². The van der Waals surface area contributed by atoms with Crippen LogP contribution in [0.4, 0.5) is 0 Å². The molecule has 2 heterocycles. The molecule has 0 saturated heterocycles. The molecule has 19 heavy (non-hydrogen) atoms. The number of rotatable bonds is 3. The van der Waals surface area contributed by atoms with Crippen LogP contribution >= 0.6 is 0 Å². The van der Waals surface area contributed by atoms with Crippen LogP contribution < -0.4 is 5.32 Å². The van der Waals surface area contributed by atoms with Gasteiger partial charge in [0.2, 0.25) is 0 Å². The van der Waals surface area contributed by atoms with Gasteiger partial charge in [-0.2, -0.15) is 5.10 Å². The van der Waals surface area contributed by atoms with E-state index in [2.05, 4.69) is 15.5 Å². The molecule has 2 N–H and O–H groups in total. The number of fused-ring (bicyclic) bond motifs is 1. The molecule has 100 valence electrons. The van der Waals surface area contributed by atoms with E-state index in [0.29, 0.717) is 17.9 Å². The second kappa shape index (κ2) is 4.79. The molecule has 1 atom stereocenters. The first-order valence-electron chi connectivity index (χ1n) is 6.20. The lowest BCUT2D eigenvalue weighted by Crippen LogP contribution is -2.29. The fraction of sp³-hybridized carbons (Fsp3) is 0.308. The summed E-state index contributed by atoms with van der Waals surface area (Å²) in [4.78, 5) is 0.461. The number of hydrogen-bond donors (Lipinski definition) is 2. The van der Waals surface area contributed by atoms with Gasteiger partial charge in [0.05, 0.1) is 10.6 Å². The van der Waals surface area contributed by atoms with Gasteiger partial charge >= 0.3 is 0 Å². The summed E-state index contributed by atoms with van der Waals surface area (Å²) < 4.78 is 24.0. The van der Waals surface area contributed by atoms with Crippen molar-refractivity contribution in [3.05, 3.63) is 47.8 Å². The van der Waals surface area contributed by atoms with E-state index >= 15 is 0 Å². The molecular weight excluding hydrogens is 262 g/mol. The first kappa shape index (κ1) is 12.4. The second-order valence-corrected chi connectivity index (χ2v) is 6.74. The van der Waals surface area contributed by atoms with Gasteiger partial charge in [-0.05, 0) is 24.1 Å². The van der Waals surface area contributed by atoms with Crippen LogP contribution in [-0.4, -0.2) is 24.4 Å². The van der Waals surface area contributed by atoms with Gasteiger partial charge in [0.25, 0.3) is 0 Å². The number of sulfone groups is 1. The summed E-state index contributed by atoms with van der Waals surface area (Å²) in [6.07, 6.45) is 2.31. The van der Waals surface area contributed by atoms with Crippen molar-refractivity contribution in [2.45, 2.75) is 23.9 Å². The van der Waals surface area contributed by atoms with E-state index in [0.717, 1.165) is 11.3 Å². The third kappa shape index (κ3) is 2.41. The Bertz CT molecular complexity index is 665. The maximum absolute atomic E-state index is 12.0. The minimum atomic E-state index is -3.11. The average Bonchev–Trinajstić information content (AvgIpc) is 2.91. The van der Waals surface area contributed by atoms with Crippen LogP contribution in [0.25, 0.3) is 0 Å². The van der Waals surface area contributed by atoms with Crippen molar-refractivity contribution in [2.24, 2.45) is 0 Å². The molecule has 0 fully saturated rings. The SMILES string of the molecule is O=S1(=O)CCC(NCc2ccn[nH]2)c2ccccc21. The zero-order chi connectivity index (χ0) is 13.3. The van der Waals surface area contributed by atoms with Gasteiger partial charge in [0.1, 0.15) is 0 Å². The van der Waals surface area contributed by atoms with Gasteiger partial charge in [-0.1, -0.05) is 18.2 Å². The molecule has 0 saturated carbocycles. The van der Waals surface area contributed by atoms with E-state index in [1.54, 1.807) is 18.3 Å². The molecule has 0 aliphatic carbocycles. The molecule has 2 aromatic rings. The second-order valence-electron chi connectivity index (χ2n) is 4.66. The normalized spacial score (nSPS) is 20.9. The molecule has 1 aliphatic rings.